The summed E-state index contributed by atoms with van der Waals surface area (Å²) < 4.78 is 5.95. The molecular weight excluding hydrogens is 374 g/mol. The van der Waals surface area contributed by atoms with Gasteiger partial charge in [-0.2, -0.15) is 0 Å². The van der Waals surface area contributed by atoms with Crippen LogP contribution in [0.2, 0.25) is 0 Å². The number of hydrogen-bond acceptors (Lipinski definition) is 4. The fraction of sp³-hybridized carbons (Fsp3) is 0.160. The molecule has 1 fully saturated rings. The molecule has 148 valence electrons. The van der Waals surface area contributed by atoms with Gasteiger partial charge in [0.15, 0.2) is 0 Å². The molecule has 0 unspecified atom stereocenters. The van der Waals surface area contributed by atoms with Crippen LogP contribution in [0.1, 0.15) is 22.0 Å². The number of pyridine rings is 2. The monoisotopic (exact) mass is 395 g/mol. The Morgan fingerprint density at radius 3 is 2.67 bits per heavy atom. The third kappa shape index (κ3) is 3.55. The van der Waals surface area contributed by atoms with E-state index in [1.165, 1.54) is 0 Å². The molecule has 5 nitrogen and oxygen atoms in total. The maximum Gasteiger partial charge on any atom is 0.254 e. The third-order valence-electron chi connectivity index (χ3n) is 5.43. The van der Waals surface area contributed by atoms with E-state index in [0.29, 0.717) is 25.3 Å². The number of carbonyl (C=O) groups excluding carboxylic acids is 1. The number of ether oxygens (including phenoxy) is 1. The van der Waals surface area contributed by atoms with Crippen LogP contribution in [0, 0.1) is 0 Å². The zero-order chi connectivity index (χ0) is 20.3. The lowest BCUT2D eigenvalue weighted by molar-refractivity contribution is -0.0227. The normalized spacial score (nSPS) is 16.5. The highest BCUT2D eigenvalue weighted by Crippen LogP contribution is 2.28. The Morgan fingerprint density at radius 1 is 1.00 bits per heavy atom. The van der Waals surface area contributed by atoms with Crippen molar-refractivity contribution >= 4 is 16.8 Å². The zero-order valence-corrected chi connectivity index (χ0v) is 16.4. The third-order valence-corrected chi connectivity index (χ3v) is 5.43. The van der Waals surface area contributed by atoms with Crippen molar-refractivity contribution in [3.05, 3.63) is 96.3 Å². The fourth-order valence-electron chi connectivity index (χ4n) is 3.89. The van der Waals surface area contributed by atoms with Gasteiger partial charge in [-0.3, -0.25) is 9.78 Å². The molecule has 1 amide bonds. The minimum absolute atomic E-state index is 0.00275. The van der Waals surface area contributed by atoms with E-state index in [1.807, 2.05) is 77.7 Å². The number of para-hydroxylation sites is 1. The van der Waals surface area contributed by atoms with Gasteiger partial charge in [-0.05, 0) is 29.8 Å². The molecule has 3 heterocycles. The lowest BCUT2D eigenvalue weighted by Crippen LogP contribution is -2.42. The van der Waals surface area contributed by atoms with Gasteiger partial charge in [0.05, 0.1) is 29.9 Å². The van der Waals surface area contributed by atoms with Gasteiger partial charge in [0.1, 0.15) is 6.10 Å². The molecule has 0 N–H and O–H groups in total. The van der Waals surface area contributed by atoms with Crippen LogP contribution in [0.15, 0.2) is 85.2 Å². The maximum atomic E-state index is 13.6. The lowest BCUT2D eigenvalue weighted by Gasteiger charge is -2.33. The van der Waals surface area contributed by atoms with Crippen LogP contribution in [0.3, 0.4) is 0 Å². The van der Waals surface area contributed by atoms with Crippen molar-refractivity contribution < 1.29 is 9.53 Å². The molecular formula is C25H21N3O2. The number of carbonyl (C=O) groups is 1. The summed E-state index contributed by atoms with van der Waals surface area (Å²) in [4.78, 5) is 24.4. The highest BCUT2D eigenvalue weighted by atomic mass is 16.5. The van der Waals surface area contributed by atoms with Crippen LogP contribution >= 0.6 is 0 Å². The van der Waals surface area contributed by atoms with Crippen LogP contribution in [-0.2, 0) is 4.74 Å². The van der Waals surface area contributed by atoms with Gasteiger partial charge in [-0.25, -0.2) is 4.98 Å². The topological polar surface area (TPSA) is 55.3 Å². The average Bonchev–Trinajstić information content (AvgIpc) is 2.84. The van der Waals surface area contributed by atoms with Gasteiger partial charge in [0, 0.05) is 29.9 Å². The number of fused-ring (bicyclic) bond motifs is 1. The Bertz CT molecular complexity index is 1180. The molecule has 5 heteroatoms. The van der Waals surface area contributed by atoms with Crippen molar-refractivity contribution in [2.24, 2.45) is 0 Å². The summed E-state index contributed by atoms with van der Waals surface area (Å²) in [6.45, 7) is 1.62. The molecule has 4 aromatic rings. The number of morpholine rings is 1. The molecule has 0 saturated carbocycles. The first kappa shape index (κ1) is 18.5. The largest absolute Gasteiger partial charge is 0.370 e. The van der Waals surface area contributed by atoms with Crippen LogP contribution in [-0.4, -0.2) is 40.5 Å². The molecule has 1 saturated heterocycles. The van der Waals surface area contributed by atoms with E-state index in [4.69, 9.17) is 9.72 Å². The van der Waals surface area contributed by atoms with Crippen LogP contribution < -0.4 is 0 Å². The zero-order valence-electron chi connectivity index (χ0n) is 16.4. The van der Waals surface area contributed by atoms with E-state index in [1.54, 1.807) is 12.4 Å². The van der Waals surface area contributed by atoms with E-state index in [-0.39, 0.29) is 12.0 Å². The summed E-state index contributed by atoms with van der Waals surface area (Å²) >= 11 is 0. The second-order valence-corrected chi connectivity index (χ2v) is 7.34. The fourth-order valence-corrected chi connectivity index (χ4v) is 3.89. The predicted molar refractivity (Wildman–Crippen MR) is 116 cm³/mol. The quantitative estimate of drug-likeness (QED) is 0.512. The van der Waals surface area contributed by atoms with Crippen molar-refractivity contribution in [2.45, 2.75) is 6.10 Å². The van der Waals surface area contributed by atoms with E-state index in [0.717, 1.165) is 27.7 Å². The molecule has 30 heavy (non-hydrogen) atoms. The molecule has 2 aromatic heterocycles. The number of rotatable bonds is 3. The Balaban J connectivity index is 1.52. The summed E-state index contributed by atoms with van der Waals surface area (Å²) in [5.74, 6) is 0.00275. The molecule has 2 aromatic carbocycles. The molecule has 0 aliphatic carbocycles. The Hall–Kier alpha value is -3.57. The van der Waals surface area contributed by atoms with Gasteiger partial charge in [0.25, 0.3) is 5.91 Å². The second-order valence-electron chi connectivity index (χ2n) is 7.34. The lowest BCUT2D eigenvalue weighted by atomic mass is 10.0. The first-order valence-electron chi connectivity index (χ1n) is 10.1. The number of aromatic nitrogens is 2. The second kappa shape index (κ2) is 8.05. The van der Waals surface area contributed by atoms with Gasteiger partial charge >= 0.3 is 0 Å². The van der Waals surface area contributed by atoms with E-state index in [9.17, 15) is 4.79 Å². The molecule has 0 bridgehead atoms. The molecule has 0 spiro atoms. The molecule has 5 rings (SSSR count). The van der Waals surface area contributed by atoms with Crippen molar-refractivity contribution in [3.8, 4) is 11.3 Å². The number of hydrogen-bond donors (Lipinski definition) is 0. The Kier molecular flexibility index (Phi) is 4.95. The number of amides is 1. The van der Waals surface area contributed by atoms with E-state index in [2.05, 4.69) is 4.98 Å². The van der Waals surface area contributed by atoms with E-state index < -0.39 is 0 Å². The summed E-state index contributed by atoms with van der Waals surface area (Å²) in [5, 5.41) is 0.859. The summed E-state index contributed by atoms with van der Waals surface area (Å²) in [7, 11) is 0. The smallest absolute Gasteiger partial charge is 0.254 e. The minimum Gasteiger partial charge on any atom is -0.370 e. The first-order valence-corrected chi connectivity index (χ1v) is 10.1. The van der Waals surface area contributed by atoms with Crippen molar-refractivity contribution in [3.63, 3.8) is 0 Å². The Labute approximate surface area is 175 Å². The Morgan fingerprint density at radius 2 is 1.83 bits per heavy atom. The van der Waals surface area contributed by atoms with Crippen LogP contribution in [0.5, 0.6) is 0 Å². The van der Waals surface area contributed by atoms with Gasteiger partial charge in [-0.15, -0.1) is 0 Å². The highest BCUT2D eigenvalue weighted by Gasteiger charge is 2.27. The molecule has 1 atom stereocenters. The maximum absolute atomic E-state index is 13.6. The molecule has 1 aliphatic heterocycles. The number of benzene rings is 2. The number of nitrogens with zero attached hydrogens (tertiary/aromatic N) is 3. The first-order chi connectivity index (χ1) is 14.8. The SMILES string of the molecule is O=C(c1cc(-c2cccnc2)nc2ccccc12)N1CCO[C@H](c2ccccc2)C1. The van der Waals surface area contributed by atoms with Gasteiger partial charge < -0.3 is 9.64 Å². The van der Waals surface area contributed by atoms with Gasteiger partial charge in [-0.1, -0.05) is 48.5 Å². The minimum atomic E-state index is -0.116. The summed E-state index contributed by atoms with van der Waals surface area (Å²) in [5.41, 5.74) is 4.19. The summed E-state index contributed by atoms with van der Waals surface area (Å²) in [6, 6.07) is 23.6. The van der Waals surface area contributed by atoms with Crippen LogP contribution in [0.25, 0.3) is 22.2 Å². The standard InChI is InChI=1S/C25H21N3O2/c29-25(28-13-14-30-24(17-28)18-7-2-1-3-8-18)21-15-23(19-9-6-12-26-16-19)27-22-11-5-4-10-20(21)22/h1-12,15-16,24H,13-14,17H2/t24-/m0/s1. The highest BCUT2D eigenvalue weighted by molar-refractivity contribution is 6.07. The van der Waals surface area contributed by atoms with Crippen molar-refractivity contribution in [2.75, 3.05) is 19.7 Å². The average molecular weight is 395 g/mol. The van der Waals surface area contributed by atoms with Crippen molar-refractivity contribution in [1.29, 1.82) is 0 Å². The molecule has 0 radical (unpaired) electrons. The van der Waals surface area contributed by atoms with Gasteiger partial charge in [0.2, 0.25) is 0 Å². The van der Waals surface area contributed by atoms with Crippen LogP contribution in [0.4, 0.5) is 0 Å². The molecule has 1 aliphatic rings. The van der Waals surface area contributed by atoms with E-state index >= 15 is 0 Å². The predicted octanol–water partition coefficient (Wildman–Crippen LogP) is 4.51. The van der Waals surface area contributed by atoms with Crippen molar-refractivity contribution in [1.82, 2.24) is 14.9 Å². The summed E-state index contributed by atoms with van der Waals surface area (Å²) in [6.07, 6.45) is 3.38.